The van der Waals surface area contributed by atoms with Gasteiger partial charge in [0, 0.05) is 25.7 Å². The van der Waals surface area contributed by atoms with Gasteiger partial charge < -0.3 is 15.5 Å². The molecule has 0 saturated heterocycles. The third-order valence-corrected chi connectivity index (χ3v) is 3.72. The molecule has 0 aromatic heterocycles. The minimum atomic E-state index is -0.190. The molecule has 0 aliphatic heterocycles. The summed E-state index contributed by atoms with van der Waals surface area (Å²) in [4.78, 5) is 6.58. The molecule has 6 heteroatoms. The molecule has 0 amide bonds. The van der Waals surface area contributed by atoms with Gasteiger partial charge in [-0.25, -0.2) is 4.39 Å². The van der Waals surface area contributed by atoms with Gasteiger partial charge in [-0.1, -0.05) is 32.0 Å². The zero-order valence-electron chi connectivity index (χ0n) is 14.4. The maximum absolute atomic E-state index is 13.5. The van der Waals surface area contributed by atoms with Crippen molar-refractivity contribution < 1.29 is 4.39 Å². The second kappa shape index (κ2) is 13.5. The van der Waals surface area contributed by atoms with E-state index < -0.39 is 0 Å². The zero-order chi connectivity index (χ0) is 16.2. The highest BCUT2D eigenvalue weighted by atomic mass is 127. The molecule has 4 nitrogen and oxygen atoms in total. The smallest absolute Gasteiger partial charge is 0.191 e. The van der Waals surface area contributed by atoms with E-state index in [2.05, 4.69) is 34.4 Å². The maximum Gasteiger partial charge on any atom is 0.191 e. The van der Waals surface area contributed by atoms with Crippen molar-refractivity contribution in [2.75, 3.05) is 33.2 Å². The first kappa shape index (κ1) is 22.1. The van der Waals surface area contributed by atoms with Crippen LogP contribution < -0.4 is 10.6 Å². The highest BCUT2D eigenvalue weighted by Gasteiger charge is 2.03. The molecular weight excluding hydrogens is 406 g/mol. The molecule has 0 unspecified atom stereocenters. The van der Waals surface area contributed by atoms with Gasteiger partial charge in [-0.2, -0.15) is 0 Å². The number of hydrogen-bond donors (Lipinski definition) is 2. The summed E-state index contributed by atoms with van der Waals surface area (Å²) in [5.41, 5.74) is 0.645. The summed E-state index contributed by atoms with van der Waals surface area (Å²) in [6.07, 6.45) is 2.26. The number of nitrogens with zero attached hydrogens (tertiary/aromatic N) is 2. The van der Waals surface area contributed by atoms with Crippen molar-refractivity contribution >= 4 is 29.9 Å². The molecule has 132 valence electrons. The minimum absolute atomic E-state index is 0. The van der Waals surface area contributed by atoms with Crippen LogP contribution in [0.25, 0.3) is 0 Å². The van der Waals surface area contributed by atoms with E-state index in [0.717, 1.165) is 32.6 Å². The Morgan fingerprint density at radius 3 is 2.43 bits per heavy atom. The number of hydrogen-bond acceptors (Lipinski definition) is 2. The lowest BCUT2D eigenvalue weighted by Crippen LogP contribution is -2.37. The highest BCUT2D eigenvalue weighted by molar-refractivity contribution is 14.0. The van der Waals surface area contributed by atoms with Gasteiger partial charge in [0.05, 0.1) is 0 Å². The number of nitrogens with one attached hydrogen (secondary N) is 2. The van der Waals surface area contributed by atoms with Gasteiger partial charge in [-0.3, -0.25) is 4.99 Å². The van der Waals surface area contributed by atoms with Crippen LogP contribution in [-0.4, -0.2) is 44.1 Å². The predicted octanol–water partition coefficient (Wildman–Crippen LogP) is 3.23. The minimum Gasteiger partial charge on any atom is -0.356 e. The van der Waals surface area contributed by atoms with Crippen LogP contribution in [0.3, 0.4) is 0 Å². The van der Waals surface area contributed by atoms with E-state index in [4.69, 9.17) is 0 Å². The average molecular weight is 436 g/mol. The third-order valence-electron chi connectivity index (χ3n) is 3.72. The predicted molar refractivity (Wildman–Crippen MR) is 107 cm³/mol. The summed E-state index contributed by atoms with van der Waals surface area (Å²) in [6.45, 7) is 9.04. The lowest BCUT2D eigenvalue weighted by molar-refractivity contribution is 0.297. The summed E-state index contributed by atoms with van der Waals surface area (Å²) in [5, 5.41) is 6.40. The van der Waals surface area contributed by atoms with Crippen molar-refractivity contribution in [3.63, 3.8) is 0 Å². The van der Waals surface area contributed by atoms with Crippen LogP contribution in [0.1, 0.15) is 32.3 Å². The Labute approximate surface area is 157 Å². The molecule has 0 fully saturated rings. The van der Waals surface area contributed by atoms with Crippen LogP contribution in [0.4, 0.5) is 4.39 Å². The van der Waals surface area contributed by atoms with Crippen LogP contribution in [0.2, 0.25) is 0 Å². The Bertz CT molecular complexity index is 450. The first-order chi connectivity index (χ1) is 10.7. The Balaban J connectivity index is 0.00000484. The van der Waals surface area contributed by atoms with Gasteiger partial charge in [0.2, 0.25) is 0 Å². The average Bonchev–Trinajstić information content (AvgIpc) is 2.55. The molecule has 0 saturated carbocycles. The SMILES string of the molecule is CCN(CC)CCCCNC(=NC)NCc1ccccc1F.I. The van der Waals surface area contributed by atoms with Crippen LogP contribution in [-0.2, 0) is 6.54 Å². The fraction of sp³-hybridized carbons (Fsp3) is 0.588. The number of halogens is 2. The van der Waals surface area contributed by atoms with E-state index in [1.165, 1.54) is 12.5 Å². The summed E-state index contributed by atoms with van der Waals surface area (Å²) >= 11 is 0. The molecular formula is C17H30FIN4. The lowest BCUT2D eigenvalue weighted by Gasteiger charge is -2.18. The topological polar surface area (TPSA) is 39.7 Å². The van der Waals surface area contributed by atoms with Crippen molar-refractivity contribution in [2.24, 2.45) is 4.99 Å². The van der Waals surface area contributed by atoms with Crippen LogP contribution in [0.5, 0.6) is 0 Å². The monoisotopic (exact) mass is 436 g/mol. The molecule has 1 rings (SSSR count). The van der Waals surface area contributed by atoms with Gasteiger partial charge in [0.15, 0.2) is 5.96 Å². The Morgan fingerprint density at radius 1 is 1.13 bits per heavy atom. The maximum atomic E-state index is 13.5. The van der Waals surface area contributed by atoms with E-state index >= 15 is 0 Å². The number of guanidine groups is 1. The van der Waals surface area contributed by atoms with E-state index in [1.807, 2.05) is 6.07 Å². The Hall–Kier alpha value is -0.890. The summed E-state index contributed by atoms with van der Waals surface area (Å²) in [7, 11) is 1.73. The molecule has 0 aliphatic carbocycles. The van der Waals surface area contributed by atoms with Gasteiger partial charge in [-0.05, 0) is 38.5 Å². The van der Waals surface area contributed by atoms with Crippen LogP contribution >= 0.6 is 24.0 Å². The van der Waals surface area contributed by atoms with Gasteiger partial charge >= 0.3 is 0 Å². The fourth-order valence-electron chi connectivity index (χ4n) is 2.25. The standard InChI is InChI=1S/C17H29FN4.HI/c1-4-22(5-2)13-9-8-12-20-17(19-3)21-14-15-10-6-7-11-16(15)18;/h6-7,10-11H,4-5,8-9,12-14H2,1-3H3,(H2,19,20,21);1H. The zero-order valence-corrected chi connectivity index (χ0v) is 16.8. The van der Waals surface area contributed by atoms with Crippen molar-refractivity contribution in [2.45, 2.75) is 33.2 Å². The summed E-state index contributed by atoms with van der Waals surface area (Å²) < 4.78 is 13.5. The first-order valence-electron chi connectivity index (χ1n) is 8.11. The van der Waals surface area contributed by atoms with Gasteiger partial charge in [-0.15, -0.1) is 24.0 Å². The van der Waals surface area contributed by atoms with Crippen LogP contribution in [0, 0.1) is 5.82 Å². The first-order valence-corrected chi connectivity index (χ1v) is 8.11. The quantitative estimate of drug-likeness (QED) is 0.270. The van der Waals surface area contributed by atoms with Gasteiger partial charge in [0.25, 0.3) is 0 Å². The van der Waals surface area contributed by atoms with E-state index in [0.29, 0.717) is 18.1 Å². The molecule has 1 aromatic rings. The molecule has 0 radical (unpaired) electrons. The molecule has 0 atom stereocenters. The number of rotatable bonds is 9. The molecule has 2 N–H and O–H groups in total. The Morgan fingerprint density at radius 2 is 1.83 bits per heavy atom. The van der Waals surface area contributed by atoms with Crippen molar-refractivity contribution in [1.82, 2.24) is 15.5 Å². The van der Waals surface area contributed by atoms with E-state index in [1.54, 1.807) is 19.2 Å². The molecule has 0 spiro atoms. The summed E-state index contributed by atoms with van der Waals surface area (Å²) in [6, 6.07) is 6.78. The lowest BCUT2D eigenvalue weighted by atomic mass is 10.2. The summed E-state index contributed by atoms with van der Waals surface area (Å²) in [5.74, 6) is 0.524. The second-order valence-corrected chi connectivity index (χ2v) is 5.18. The van der Waals surface area contributed by atoms with Crippen molar-refractivity contribution in [3.8, 4) is 0 Å². The fourth-order valence-corrected chi connectivity index (χ4v) is 2.25. The highest BCUT2D eigenvalue weighted by Crippen LogP contribution is 2.05. The second-order valence-electron chi connectivity index (χ2n) is 5.18. The molecule has 0 aliphatic rings. The molecule has 23 heavy (non-hydrogen) atoms. The van der Waals surface area contributed by atoms with Gasteiger partial charge in [0.1, 0.15) is 5.82 Å². The van der Waals surface area contributed by atoms with E-state index in [-0.39, 0.29) is 29.8 Å². The number of aliphatic imine (C=N–C) groups is 1. The molecule has 0 heterocycles. The Kier molecular flexibility index (Phi) is 13.0. The normalized spacial score (nSPS) is 11.3. The molecule has 1 aromatic carbocycles. The third kappa shape index (κ3) is 9.10. The molecule has 0 bridgehead atoms. The number of benzene rings is 1. The van der Waals surface area contributed by atoms with Crippen molar-refractivity contribution in [3.05, 3.63) is 35.6 Å². The van der Waals surface area contributed by atoms with E-state index in [9.17, 15) is 4.39 Å². The number of unbranched alkanes of at least 4 members (excludes halogenated alkanes) is 1. The van der Waals surface area contributed by atoms with Crippen LogP contribution in [0.15, 0.2) is 29.3 Å². The largest absolute Gasteiger partial charge is 0.356 e. The van der Waals surface area contributed by atoms with Crippen molar-refractivity contribution in [1.29, 1.82) is 0 Å².